The van der Waals surface area contributed by atoms with E-state index < -0.39 is 10.0 Å². The molecule has 3 N–H and O–H groups in total. The molecule has 3 heterocycles. The molecule has 12 nitrogen and oxygen atoms in total. The Kier molecular flexibility index (Phi) is 10.5. The normalized spacial score (nSPS) is 14.1. The molecule has 2 aliphatic rings. The van der Waals surface area contributed by atoms with E-state index in [2.05, 4.69) is 21.0 Å². The number of benzene rings is 4. The molecule has 7 rings (SSSR count). The maximum atomic E-state index is 13.4. The second-order valence-electron chi connectivity index (χ2n) is 11.6. The van der Waals surface area contributed by atoms with Crippen LogP contribution in [-0.2, 0) is 30.2 Å². The highest BCUT2D eigenvalue weighted by molar-refractivity contribution is 7.92. The number of aromatic nitrogens is 2. The van der Waals surface area contributed by atoms with E-state index in [9.17, 15) is 18.0 Å². The zero-order valence-corrected chi connectivity index (χ0v) is 28.9. The van der Waals surface area contributed by atoms with E-state index in [1.165, 1.54) is 15.1 Å². The Morgan fingerprint density at radius 1 is 0.780 bits per heavy atom. The van der Waals surface area contributed by atoms with E-state index in [4.69, 9.17) is 11.6 Å². The van der Waals surface area contributed by atoms with Crippen LogP contribution in [0, 0.1) is 0 Å². The van der Waals surface area contributed by atoms with Gasteiger partial charge >= 0.3 is 12.1 Å². The monoisotopic (exact) mass is 712 g/mol. The van der Waals surface area contributed by atoms with Gasteiger partial charge in [0, 0.05) is 68.1 Å². The largest absolute Gasteiger partial charge is 0.381 e. The molecule has 0 spiro atoms. The molecule has 2 fully saturated rings. The third-order valence-corrected chi connectivity index (χ3v) is 10.0. The zero-order chi connectivity index (χ0) is 35.1. The molecular formula is C36H37ClN8O4S. The summed E-state index contributed by atoms with van der Waals surface area (Å²) < 4.78 is 29.6. The van der Waals surface area contributed by atoms with E-state index in [-0.39, 0.29) is 23.6 Å². The van der Waals surface area contributed by atoms with Crippen molar-refractivity contribution in [3.8, 4) is 0 Å². The molecule has 4 aromatic carbocycles. The second kappa shape index (κ2) is 15.3. The van der Waals surface area contributed by atoms with Crippen LogP contribution < -0.4 is 30.1 Å². The van der Waals surface area contributed by atoms with Crippen molar-refractivity contribution in [2.75, 3.05) is 45.6 Å². The fraction of sp³-hybridized carbons (Fsp3) is 0.194. The topological polar surface area (TPSA) is 132 Å². The first kappa shape index (κ1) is 34.3. The summed E-state index contributed by atoms with van der Waals surface area (Å²) in [4.78, 5) is 27.1. The number of hydrogen-bond donors (Lipinski definition) is 3. The van der Waals surface area contributed by atoms with Crippen LogP contribution in [0.1, 0.15) is 11.1 Å². The van der Waals surface area contributed by atoms with Gasteiger partial charge in [0.25, 0.3) is 10.0 Å². The lowest BCUT2D eigenvalue weighted by Gasteiger charge is -2.25. The minimum Gasteiger partial charge on any atom is -0.381 e. The Bertz CT molecular complexity index is 2060. The molecule has 14 heteroatoms. The summed E-state index contributed by atoms with van der Waals surface area (Å²) >= 11 is 5.87. The predicted molar refractivity (Wildman–Crippen MR) is 196 cm³/mol. The standard InChI is InChI=1S/C20H21N5O3S.C16H16ClN3O/c1-23-12-10-19(22-23)29(27,28)25(15-16-6-3-2-4-7-16)18-9-5-8-17(14-18)24-13-11-21-20(24)26;17-13-6-4-12(5-7-13)11-19-14-2-1-3-15(10-14)20-9-8-18-16(20)21/h2-10,12,14H,11,13,15H2,1H3,(H,21,26);1-7,10,19H,8-9,11H2,(H,18,21). The van der Waals surface area contributed by atoms with E-state index in [0.29, 0.717) is 44.1 Å². The van der Waals surface area contributed by atoms with Gasteiger partial charge in [0.2, 0.25) is 0 Å². The lowest BCUT2D eigenvalue weighted by Crippen LogP contribution is -2.32. The van der Waals surface area contributed by atoms with Crippen molar-refractivity contribution in [1.82, 2.24) is 20.4 Å². The average molecular weight is 713 g/mol. The SMILES string of the molecule is Cn1ccc(S(=O)(=O)N(Cc2ccccc2)c2cccc(N3CCNC3=O)c2)n1.O=C1NCCN1c1cccc(NCc2ccc(Cl)cc2)c1. The highest BCUT2D eigenvalue weighted by atomic mass is 35.5. The molecule has 0 saturated carbocycles. The first-order chi connectivity index (χ1) is 24.2. The van der Waals surface area contributed by atoms with Crippen LogP contribution in [0.15, 0.2) is 120 Å². The Morgan fingerprint density at radius 3 is 2.02 bits per heavy atom. The molecule has 5 aromatic rings. The fourth-order valence-corrected chi connectivity index (χ4v) is 7.08. The number of aryl methyl sites for hydroxylation is 1. The van der Waals surface area contributed by atoms with E-state index in [1.54, 1.807) is 47.3 Å². The van der Waals surface area contributed by atoms with Crippen molar-refractivity contribution in [3.63, 3.8) is 0 Å². The molecule has 258 valence electrons. The van der Waals surface area contributed by atoms with Crippen LogP contribution in [0.2, 0.25) is 5.02 Å². The van der Waals surface area contributed by atoms with Crippen LogP contribution in [-0.4, -0.2) is 56.4 Å². The van der Waals surface area contributed by atoms with Gasteiger partial charge in [-0.1, -0.05) is 66.2 Å². The molecule has 4 amide bonds. The quantitative estimate of drug-likeness (QED) is 0.167. The maximum absolute atomic E-state index is 13.4. The highest BCUT2D eigenvalue weighted by Crippen LogP contribution is 2.29. The van der Waals surface area contributed by atoms with Gasteiger partial charge in [0.1, 0.15) is 0 Å². The fourth-order valence-electron chi connectivity index (χ4n) is 5.55. The summed E-state index contributed by atoms with van der Waals surface area (Å²) in [6, 6.07) is 33.2. The van der Waals surface area contributed by atoms with E-state index in [1.807, 2.05) is 78.9 Å². The summed E-state index contributed by atoms with van der Waals surface area (Å²) in [6.07, 6.45) is 1.60. The maximum Gasteiger partial charge on any atom is 0.321 e. The van der Waals surface area contributed by atoms with Gasteiger partial charge in [-0.05, 0) is 65.7 Å². The average Bonchev–Trinajstić information content (AvgIpc) is 3.89. The van der Waals surface area contributed by atoms with Crippen LogP contribution in [0.5, 0.6) is 0 Å². The number of carbonyl (C=O) groups excluding carboxylic acids is 2. The molecule has 1 aromatic heterocycles. The van der Waals surface area contributed by atoms with E-state index >= 15 is 0 Å². The lowest BCUT2D eigenvalue weighted by molar-refractivity contribution is 0.251. The zero-order valence-electron chi connectivity index (χ0n) is 27.4. The van der Waals surface area contributed by atoms with Crippen molar-refractivity contribution in [1.29, 1.82) is 0 Å². The number of nitrogens with zero attached hydrogens (tertiary/aromatic N) is 5. The number of carbonyl (C=O) groups is 2. The van der Waals surface area contributed by atoms with Gasteiger partial charge in [0.15, 0.2) is 5.03 Å². The minimum absolute atomic E-state index is 0.0275. The summed E-state index contributed by atoms with van der Waals surface area (Å²) in [5, 5.41) is 13.7. The number of rotatable bonds is 10. The van der Waals surface area contributed by atoms with Crippen LogP contribution in [0.3, 0.4) is 0 Å². The van der Waals surface area contributed by atoms with Gasteiger partial charge in [-0.25, -0.2) is 9.59 Å². The lowest BCUT2D eigenvalue weighted by atomic mass is 10.2. The van der Waals surface area contributed by atoms with Crippen LogP contribution >= 0.6 is 11.6 Å². The van der Waals surface area contributed by atoms with E-state index in [0.717, 1.165) is 27.5 Å². The number of hydrogen-bond acceptors (Lipinski definition) is 6. The third-order valence-electron chi connectivity index (χ3n) is 8.12. The third kappa shape index (κ3) is 8.18. The number of urea groups is 2. The number of nitrogens with one attached hydrogen (secondary N) is 3. The molecular weight excluding hydrogens is 676 g/mol. The smallest absolute Gasteiger partial charge is 0.321 e. The van der Waals surface area contributed by atoms with Crippen LogP contribution in [0.25, 0.3) is 0 Å². The second-order valence-corrected chi connectivity index (χ2v) is 13.9. The predicted octanol–water partition coefficient (Wildman–Crippen LogP) is 5.83. The Hall–Kier alpha value is -5.53. The molecule has 2 saturated heterocycles. The molecule has 0 unspecified atom stereocenters. The molecule has 0 aliphatic carbocycles. The molecule has 50 heavy (non-hydrogen) atoms. The summed E-state index contributed by atoms with van der Waals surface area (Å²) in [7, 11) is -2.23. The first-order valence-electron chi connectivity index (χ1n) is 16.0. The highest BCUT2D eigenvalue weighted by Gasteiger charge is 2.29. The summed E-state index contributed by atoms with van der Waals surface area (Å²) in [5.41, 5.74) is 5.01. The summed E-state index contributed by atoms with van der Waals surface area (Å²) in [5.74, 6) is 0. The number of amides is 4. The van der Waals surface area contributed by atoms with Gasteiger partial charge < -0.3 is 16.0 Å². The number of anilines is 4. The van der Waals surface area contributed by atoms with Crippen molar-refractivity contribution in [2.24, 2.45) is 7.05 Å². The number of halogens is 1. The Balaban J connectivity index is 0.000000182. The first-order valence-corrected chi connectivity index (χ1v) is 17.8. The van der Waals surface area contributed by atoms with Crippen molar-refractivity contribution in [3.05, 3.63) is 132 Å². The van der Waals surface area contributed by atoms with Gasteiger partial charge in [-0.2, -0.15) is 13.5 Å². The van der Waals surface area contributed by atoms with Crippen molar-refractivity contribution >= 4 is 56.4 Å². The molecule has 0 radical (unpaired) electrons. The van der Waals surface area contributed by atoms with Gasteiger partial charge in [-0.3, -0.25) is 18.8 Å². The van der Waals surface area contributed by atoms with Crippen molar-refractivity contribution in [2.45, 2.75) is 18.1 Å². The number of sulfonamides is 1. The Morgan fingerprint density at radius 2 is 1.42 bits per heavy atom. The Labute approximate surface area is 296 Å². The van der Waals surface area contributed by atoms with Gasteiger partial charge in [-0.15, -0.1) is 0 Å². The van der Waals surface area contributed by atoms with Crippen molar-refractivity contribution < 1.29 is 18.0 Å². The molecule has 0 atom stereocenters. The molecule has 0 bridgehead atoms. The summed E-state index contributed by atoms with van der Waals surface area (Å²) in [6.45, 7) is 3.36. The van der Waals surface area contributed by atoms with Crippen LogP contribution in [0.4, 0.5) is 32.3 Å². The van der Waals surface area contributed by atoms with Gasteiger partial charge in [0.05, 0.1) is 12.2 Å². The molecule has 2 aliphatic heterocycles. The minimum atomic E-state index is -3.90.